The minimum absolute atomic E-state index is 0.178. The van der Waals surface area contributed by atoms with Crippen LogP contribution < -0.4 is 4.90 Å². The Bertz CT molecular complexity index is 586. The van der Waals surface area contributed by atoms with E-state index in [2.05, 4.69) is 13.0 Å². The number of carbonyl (C=O) groups is 1. The summed E-state index contributed by atoms with van der Waals surface area (Å²) in [5.74, 6) is 0.178. The number of carbonyl (C=O) groups excluding carboxylic acids is 1. The second-order valence-electron chi connectivity index (χ2n) is 4.69. The van der Waals surface area contributed by atoms with Gasteiger partial charge in [0, 0.05) is 12.1 Å². The van der Waals surface area contributed by atoms with Crippen molar-refractivity contribution in [2.45, 2.75) is 19.8 Å². The van der Waals surface area contributed by atoms with Crippen LogP contribution in [0.3, 0.4) is 0 Å². The van der Waals surface area contributed by atoms with Gasteiger partial charge in [0.2, 0.25) is 5.91 Å². The fourth-order valence-corrected chi connectivity index (χ4v) is 2.41. The molecule has 0 unspecified atom stereocenters. The van der Waals surface area contributed by atoms with Crippen LogP contribution in [0.5, 0.6) is 0 Å². The van der Waals surface area contributed by atoms with E-state index in [1.165, 1.54) is 11.1 Å². The summed E-state index contributed by atoms with van der Waals surface area (Å²) in [7, 11) is 0. The van der Waals surface area contributed by atoms with Crippen LogP contribution in [0.15, 0.2) is 48.5 Å². The molecule has 2 aromatic carbocycles. The van der Waals surface area contributed by atoms with Crippen molar-refractivity contribution in [2.75, 3.05) is 4.90 Å². The lowest BCUT2D eigenvalue weighted by Crippen LogP contribution is -2.30. The third-order valence-electron chi connectivity index (χ3n) is 3.38. The minimum Gasteiger partial charge on any atom is -0.281 e. The lowest BCUT2D eigenvalue weighted by molar-refractivity contribution is -0.118. The standard InChI is InChI=1S/C16H15NO/c1-12-6-9-14(10-7-12)17-15-5-3-2-4-13(15)8-11-16(17)18/h2-7,9-10H,8,11H2,1H3. The van der Waals surface area contributed by atoms with E-state index in [4.69, 9.17) is 0 Å². The molecular weight excluding hydrogens is 222 g/mol. The minimum atomic E-state index is 0.178. The molecule has 1 aliphatic rings. The average Bonchev–Trinajstić information content (AvgIpc) is 2.40. The van der Waals surface area contributed by atoms with Crippen molar-refractivity contribution in [2.24, 2.45) is 0 Å². The van der Waals surface area contributed by atoms with Crippen molar-refractivity contribution in [3.63, 3.8) is 0 Å². The number of amides is 1. The highest BCUT2D eigenvalue weighted by Crippen LogP contribution is 2.33. The van der Waals surface area contributed by atoms with Crippen molar-refractivity contribution >= 4 is 17.3 Å². The molecule has 0 aromatic heterocycles. The first-order valence-corrected chi connectivity index (χ1v) is 6.23. The van der Waals surface area contributed by atoms with Crippen LogP contribution in [0.25, 0.3) is 0 Å². The van der Waals surface area contributed by atoms with Crippen molar-refractivity contribution < 1.29 is 4.79 Å². The zero-order valence-electron chi connectivity index (χ0n) is 10.4. The van der Waals surface area contributed by atoms with Crippen LogP contribution in [0.4, 0.5) is 11.4 Å². The summed E-state index contributed by atoms with van der Waals surface area (Å²) in [5.41, 5.74) is 4.43. The van der Waals surface area contributed by atoms with E-state index in [1.54, 1.807) is 0 Å². The highest BCUT2D eigenvalue weighted by molar-refractivity contribution is 6.03. The van der Waals surface area contributed by atoms with Gasteiger partial charge in [0.15, 0.2) is 0 Å². The van der Waals surface area contributed by atoms with Gasteiger partial charge >= 0.3 is 0 Å². The number of hydrogen-bond donors (Lipinski definition) is 0. The highest BCUT2D eigenvalue weighted by Gasteiger charge is 2.24. The van der Waals surface area contributed by atoms with Crippen LogP contribution in [-0.4, -0.2) is 5.91 Å². The smallest absolute Gasteiger partial charge is 0.231 e. The van der Waals surface area contributed by atoms with E-state index in [1.807, 2.05) is 47.4 Å². The van der Waals surface area contributed by atoms with Gasteiger partial charge in [-0.2, -0.15) is 0 Å². The zero-order chi connectivity index (χ0) is 12.5. The van der Waals surface area contributed by atoms with E-state index in [0.29, 0.717) is 6.42 Å². The van der Waals surface area contributed by atoms with Crippen LogP contribution >= 0.6 is 0 Å². The molecular formula is C16H15NO. The second kappa shape index (κ2) is 4.30. The van der Waals surface area contributed by atoms with Gasteiger partial charge in [-0.05, 0) is 37.1 Å². The van der Waals surface area contributed by atoms with Gasteiger partial charge in [0.05, 0.1) is 5.69 Å². The fraction of sp³-hybridized carbons (Fsp3) is 0.188. The number of para-hydroxylation sites is 1. The second-order valence-corrected chi connectivity index (χ2v) is 4.69. The Kier molecular flexibility index (Phi) is 2.63. The molecule has 0 atom stereocenters. The summed E-state index contributed by atoms with van der Waals surface area (Å²) in [6.07, 6.45) is 1.43. The lowest BCUT2D eigenvalue weighted by atomic mass is 10.0. The molecule has 1 aliphatic heterocycles. The Labute approximate surface area is 107 Å². The van der Waals surface area contributed by atoms with E-state index in [9.17, 15) is 4.79 Å². The third kappa shape index (κ3) is 1.80. The van der Waals surface area contributed by atoms with Gasteiger partial charge in [-0.3, -0.25) is 9.69 Å². The zero-order valence-corrected chi connectivity index (χ0v) is 10.4. The molecule has 0 fully saturated rings. The van der Waals surface area contributed by atoms with Crippen LogP contribution in [-0.2, 0) is 11.2 Å². The van der Waals surface area contributed by atoms with Gasteiger partial charge in [0.25, 0.3) is 0 Å². The largest absolute Gasteiger partial charge is 0.281 e. The number of anilines is 2. The molecule has 2 aromatic rings. The van der Waals surface area contributed by atoms with Crippen molar-refractivity contribution in [1.29, 1.82) is 0 Å². The Morgan fingerprint density at radius 1 is 0.944 bits per heavy atom. The molecule has 18 heavy (non-hydrogen) atoms. The summed E-state index contributed by atoms with van der Waals surface area (Å²) in [6, 6.07) is 16.2. The summed E-state index contributed by atoms with van der Waals surface area (Å²) in [6.45, 7) is 2.05. The Morgan fingerprint density at radius 3 is 2.44 bits per heavy atom. The van der Waals surface area contributed by atoms with Gasteiger partial charge in [0.1, 0.15) is 0 Å². The van der Waals surface area contributed by atoms with E-state index in [0.717, 1.165) is 17.8 Å². The SMILES string of the molecule is Cc1ccc(N2C(=O)CCc3ccccc32)cc1. The maximum absolute atomic E-state index is 12.2. The average molecular weight is 237 g/mol. The first-order chi connectivity index (χ1) is 8.75. The van der Waals surface area contributed by atoms with Gasteiger partial charge in [-0.25, -0.2) is 0 Å². The predicted octanol–water partition coefficient (Wildman–Crippen LogP) is 3.61. The van der Waals surface area contributed by atoms with Crippen LogP contribution in [0.1, 0.15) is 17.5 Å². The maximum atomic E-state index is 12.2. The third-order valence-corrected chi connectivity index (χ3v) is 3.38. The highest BCUT2D eigenvalue weighted by atomic mass is 16.2. The van der Waals surface area contributed by atoms with Crippen molar-refractivity contribution in [3.8, 4) is 0 Å². The number of aryl methyl sites for hydroxylation is 2. The predicted molar refractivity (Wildman–Crippen MR) is 73.1 cm³/mol. The van der Waals surface area contributed by atoms with Crippen LogP contribution in [0, 0.1) is 6.92 Å². The summed E-state index contributed by atoms with van der Waals surface area (Å²) in [4.78, 5) is 14.0. The summed E-state index contributed by atoms with van der Waals surface area (Å²) in [5, 5.41) is 0. The molecule has 90 valence electrons. The molecule has 0 aliphatic carbocycles. The van der Waals surface area contributed by atoms with E-state index < -0.39 is 0 Å². The number of nitrogens with zero attached hydrogens (tertiary/aromatic N) is 1. The lowest BCUT2D eigenvalue weighted by Gasteiger charge is -2.29. The van der Waals surface area contributed by atoms with E-state index in [-0.39, 0.29) is 5.91 Å². The molecule has 0 radical (unpaired) electrons. The van der Waals surface area contributed by atoms with Crippen molar-refractivity contribution in [3.05, 3.63) is 59.7 Å². The molecule has 1 heterocycles. The number of benzene rings is 2. The van der Waals surface area contributed by atoms with Crippen molar-refractivity contribution in [1.82, 2.24) is 0 Å². The summed E-state index contributed by atoms with van der Waals surface area (Å²) >= 11 is 0. The molecule has 2 nitrogen and oxygen atoms in total. The molecule has 0 N–H and O–H groups in total. The molecule has 3 rings (SSSR count). The van der Waals surface area contributed by atoms with Crippen LogP contribution in [0.2, 0.25) is 0 Å². The number of rotatable bonds is 1. The van der Waals surface area contributed by atoms with Gasteiger partial charge < -0.3 is 0 Å². The normalized spacial score (nSPS) is 14.5. The quantitative estimate of drug-likeness (QED) is 0.742. The first-order valence-electron chi connectivity index (χ1n) is 6.23. The molecule has 1 amide bonds. The molecule has 2 heteroatoms. The Morgan fingerprint density at radius 2 is 1.67 bits per heavy atom. The molecule has 0 saturated carbocycles. The number of hydrogen-bond acceptors (Lipinski definition) is 1. The topological polar surface area (TPSA) is 20.3 Å². The van der Waals surface area contributed by atoms with Gasteiger partial charge in [-0.15, -0.1) is 0 Å². The monoisotopic (exact) mass is 237 g/mol. The Hall–Kier alpha value is -2.09. The molecule has 0 saturated heterocycles. The first kappa shape index (κ1) is 11.0. The summed E-state index contributed by atoms with van der Waals surface area (Å²) < 4.78 is 0. The fourth-order valence-electron chi connectivity index (χ4n) is 2.41. The maximum Gasteiger partial charge on any atom is 0.231 e. The van der Waals surface area contributed by atoms with Gasteiger partial charge in [-0.1, -0.05) is 35.9 Å². The number of fused-ring (bicyclic) bond motifs is 1. The molecule has 0 bridgehead atoms. The van der Waals surface area contributed by atoms with E-state index >= 15 is 0 Å². The Balaban J connectivity index is 2.10. The molecule has 0 spiro atoms.